The largest absolute Gasteiger partial charge is 0.314 e. The zero-order valence-corrected chi connectivity index (χ0v) is 10.6. The average Bonchev–Trinajstić information content (AvgIpc) is 2.57. The van der Waals surface area contributed by atoms with Crippen LogP contribution in [0.3, 0.4) is 0 Å². The third kappa shape index (κ3) is 1.40. The summed E-state index contributed by atoms with van der Waals surface area (Å²) in [6.07, 6.45) is 1.44. The second-order valence-electron chi connectivity index (χ2n) is 4.81. The fourth-order valence-corrected chi connectivity index (χ4v) is 4.36. The number of hydrogen-bond acceptors (Lipinski definition) is 2. The first-order valence-corrected chi connectivity index (χ1v) is 7.37. The molecule has 1 aromatic rings. The van der Waals surface area contributed by atoms with E-state index in [9.17, 15) is 9.00 Å². The normalized spacial score (nSPS) is 31.9. The number of nitrogens with zero attached hydrogens (tertiary/aromatic N) is 1. The van der Waals surface area contributed by atoms with Gasteiger partial charge < -0.3 is 4.90 Å². The minimum atomic E-state index is -0.736. The van der Waals surface area contributed by atoms with E-state index in [0.717, 1.165) is 24.1 Å². The Morgan fingerprint density at radius 2 is 1.88 bits per heavy atom. The Morgan fingerprint density at radius 3 is 2.59 bits per heavy atom. The van der Waals surface area contributed by atoms with Gasteiger partial charge in [-0.15, -0.1) is 0 Å². The highest BCUT2D eigenvalue weighted by atomic mass is 32.2. The van der Waals surface area contributed by atoms with Crippen molar-refractivity contribution >= 4 is 22.4 Å². The van der Waals surface area contributed by atoms with E-state index in [4.69, 9.17) is 0 Å². The maximum absolute atomic E-state index is 12.5. The van der Waals surface area contributed by atoms with E-state index in [1.54, 1.807) is 4.90 Å². The first kappa shape index (κ1) is 11.0. The summed E-state index contributed by atoms with van der Waals surface area (Å²) in [6, 6.07) is 7.99. The molecular formula is C13H15NO2S. The van der Waals surface area contributed by atoms with Crippen LogP contribution in [0.1, 0.15) is 18.4 Å². The summed E-state index contributed by atoms with van der Waals surface area (Å²) in [6.45, 7) is 0. The fourth-order valence-electron chi connectivity index (χ4n) is 3.00. The van der Waals surface area contributed by atoms with Gasteiger partial charge in [0, 0.05) is 35.0 Å². The van der Waals surface area contributed by atoms with Crippen molar-refractivity contribution in [2.45, 2.75) is 18.3 Å². The Balaban J connectivity index is 2.12. The Morgan fingerprint density at radius 1 is 1.24 bits per heavy atom. The van der Waals surface area contributed by atoms with Gasteiger partial charge in [0.1, 0.15) is 0 Å². The Bertz CT molecular complexity index is 502. The van der Waals surface area contributed by atoms with Crippen molar-refractivity contribution in [3.63, 3.8) is 0 Å². The van der Waals surface area contributed by atoms with Crippen molar-refractivity contribution in [2.75, 3.05) is 23.5 Å². The van der Waals surface area contributed by atoms with Gasteiger partial charge in [-0.2, -0.15) is 0 Å². The molecule has 1 saturated heterocycles. The van der Waals surface area contributed by atoms with Crippen molar-refractivity contribution in [3.05, 3.63) is 29.8 Å². The van der Waals surface area contributed by atoms with Crippen LogP contribution in [0.4, 0.5) is 5.69 Å². The summed E-state index contributed by atoms with van der Waals surface area (Å²) in [4.78, 5) is 14.2. The molecule has 17 heavy (non-hydrogen) atoms. The van der Waals surface area contributed by atoms with Gasteiger partial charge >= 0.3 is 0 Å². The predicted octanol–water partition coefficient (Wildman–Crippen LogP) is 1.44. The van der Waals surface area contributed by atoms with Crippen LogP contribution in [0.15, 0.2) is 24.3 Å². The molecule has 1 fully saturated rings. The van der Waals surface area contributed by atoms with E-state index >= 15 is 0 Å². The van der Waals surface area contributed by atoms with Crippen molar-refractivity contribution < 1.29 is 9.00 Å². The number of rotatable bonds is 0. The van der Waals surface area contributed by atoms with Gasteiger partial charge in [-0.3, -0.25) is 9.00 Å². The molecule has 0 unspecified atom stereocenters. The highest BCUT2D eigenvalue weighted by molar-refractivity contribution is 7.85. The number of anilines is 1. The van der Waals surface area contributed by atoms with Crippen LogP contribution in [0, 0.1) is 0 Å². The lowest BCUT2D eigenvalue weighted by Gasteiger charge is -2.31. The monoisotopic (exact) mass is 249 g/mol. The lowest BCUT2D eigenvalue weighted by Crippen LogP contribution is -2.43. The molecule has 0 aliphatic carbocycles. The highest BCUT2D eigenvalue weighted by Crippen LogP contribution is 2.47. The third-order valence-electron chi connectivity index (χ3n) is 4.01. The second-order valence-corrected chi connectivity index (χ2v) is 6.51. The molecule has 0 saturated carbocycles. The number of benzene rings is 1. The van der Waals surface area contributed by atoms with Crippen LogP contribution in [0.5, 0.6) is 0 Å². The van der Waals surface area contributed by atoms with E-state index in [0.29, 0.717) is 11.5 Å². The van der Waals surface area contributed by atoms with Crippen molar-refractivity contribution in [3.8, 4) is 0 Å². The summed E-state index contributed by atoms with van der Waals surface area (Å²) in [5, 5.41) is 0. The summed E-state index contributed by atoms with van der Waals surface area (Å²) in [5.74, 6) is 1.47. The molecule has 3 rings (SSSR count). The maximum atomic E-state index is 12.5. The number of para-hydroxylation sites is 1. The molecule has 1 spiro atoms. The summed E-state index contributed by atoms with van der Waals surface area (Å²) < 4.78 is 11.5. The zero-order valence-electron chi connectivity index (χ0n) is 9.81. The van der Waals surface area contributed by atoms with E-state index in [2.05, 4.69) is 0 Å². The molecule has 3 nitrogen and oxygen atoms in total. The van der Waals surface area contributed by atoms with E-state index in [1.165, 1.54) is 0 Å². The quantitative estimate of drug-likeness (QED) is 0.698. The molecule has 0 N–H and O–H groups in total. The van der Waals surface area contributed by atoms with Crippen molar-refractivity contribution in [1.82, 2.24) is 0 Å². The summed E-state index contributed by atoms with van der Waals surface area (Å²) in [7, 11) is 1.10. The second kappa shape index (κ2) is 3.67. The number of likely N-dealkylation sites (N-methyl/N-ethyl adjacent to an activating group) is 1. The minimum Gasteiger partial charge on any atom is -0.314 e. The zero-order chi connectivity index (χ0) is 12.0. The first-order chi connectivity index (χ1) is 8.15. The van der Waals surface area contributed by atoms with Gasteiger partial charge in [0.05, 0.1) is 5.41 Å². The molecule has 2 aliphatic heterocycles. The Labute approximate surface area is 103 Å². The smallest absolute Gasteiger partial charge is 0.237 e. The molecule has 4 heteroatoms. The molecule has 90 valence electrons. The number of amides is 1. The Kier molecular flexibility index (Phi) is 2.36. The maximum Gasteiger partial charge on any atom is 0.237 e. The predicted molar refractivity (Wildman–Crippen MR) is 68.6 cm³/mol. The summed E-state index contributed by atoms with van der Waals surface area (Å²) in [5.41, 5.74) is 1.76. The minimum absolute atomic E-state index is 0.176. The number of fused-ring (bicyclic) bond motifs is 2. The van der Waals surface area contributed by atoms with Crippen LogP contribution in [-0.4, -0.2) is 28.7 Å². The number of carbonyl (C=O) groups excluding carboxylic acids is 1. The van der Waals surface area contributed by atoms with Crippen LogP contribution >= 0.6 is 0 Å². The fraction of sp³-hybridized carbons (Fsp3) is 0.462. The molecular weight excluding hydrogens is 234 g/mol. The van der Waals surface area contributed by atoms with Gasteiger partial charge in [-0.25, -0.2) is 0 Å². The van der Waals surface area contributed by atoms with Crippen LogP contribution < -0.4 is 4.90 Å². The molecule has 2 aliphatic rings. The number of hydrogen-bond donors (Lipinski definition) is 0. The first-order valence-electron chi connectivity index (χ1n) is 5.88. The molecule has 0 atom stereocenters. The lowest BCUT2D eigenvalue weighted by molar-refractivity contribution is -0.123. The standard InChI is InChI=1S/C13H15NO2S/c1-14-11-5-3-2-4-10(11)13(12(14)15)6-8-17(16)9-7-13/h2-5H,6-9H2,1H3. The van der Waals surface area contributed by atoms with E-state index < -0.39 is 10.8 Å². The van der Waals surface area contributed by atoms with E-state index in [1.807, 2.05) is 31.3 Å². The lowest BCUT2D eigenvalue weighted by atomic mass is 9.76. The highest BCUT2D eigenvalue weighted by Gasteiger charge is 2.50. The van der Waals surface area contributed by atoms with Crippen LogP contribution in [0.25, 0.3) is 0 Å². The molecule has 0 radical (unpaired) electrons. The van der Waals surface area contributed by atoms with E-state index in [-0.39, 0.29) is 11.3 Å². The molecule has 0 aromatic heterocycles. The van der Waals surface area contributed by atoms with Gasteiger partial charge in [0.2, 0.25) is 5.91 Å². The SMILES string of the molecule is CN1C(=O)C2(CCS(=O)CC2)c2ccccc21. The topological polar surface area (TPSA) is 37.4 Å². The van der Waals surface area contributed by atoms with Crippen molar-refractivity contribution in [2.24, 2.45) is 0 Å². The average molecular weight is 249 g/mol. The summed E-state index contributed by atoms with van der Waals surface area (Å²) >= 11 is 0. The molecule has 1 aromatic carbocycles. The van der Waals surface area contributed by atoms with Gasteiger partial charge in [-0.05, 0) is 24.5 Å². The third-order valence-corrected chi connectivity index (χ3v) is 5.33. The Hall–Kier alpha value is -1.16. The molecule has 2 heterocycles. The van der Waals surface area contributed by atoms with Gasteiger partial charge in [-0.1, -0.05) is 18.2 Å². The number of carbonyl (C=O) groups is 1. The van der Waals surface area contributed by atoms with Gasteiger partial charge in [0.25, 0.3) is 0 Å². The van der Waals surface area contributed by atoms with Crippen LogP contribution in [0.2, 0.25) is 0 Å². The van der Waals surface area contributed by atoms with Crippen molar-refractivity contribution in [1.29, 1.82) is 0 Å². The molecule has 1 amide bonds. The van der Waals surface area contributed by atoms with Crippen LogP contribution in [-0.2, 0) is 21.0 Å². The molecule has 0 bridgehead atoms. The van der Waals surface area contributed by atoms with Gasteiger partial charge in [0.15, 0.2) is 0 Å².